The maximum absolute atomic E-state index is 8.96. The van der Waals surface area contributed by atoms with Crippen LogP contribution in [0.1, 0.15) is 11.1 Å². The van der Waals surface area contributed by atoms with Gasteiger partial charge in [0.1, 0.15) is 0 Å². The van der Waals surface area contributed by atoms with E-state index in [1.165, 1.54) is 0 Å². The first-order valence-electron chi connectivity index (χ1n) is 5.92. The molecule has 5 nitrogen and oxygen atoms in total. The molecule has 0 radical (unpaired) electrons. The Labute approximate surface area is 116 Å². The number of rotatable bonds is 3. The van der Waals surface area contributed by atoms with Crippen molar-refractivity contribution in [3.05, 3.63) is 59.7 Å². The molecule has 5 heteroatoms. The Morgan fingerprint density at radius 2 is 1.90 bits per heavy atom. The van der Waals surface area contributed by atoms with E-state index in [1.54, 1.807) is 12.3 Å². The second-order valence-corrected chi connectivity index (χ2v) is 4.05. The second-order valence-electron chi connectivity index (χ2n) is 4.05. The van der Waals surface area contributed by atoms with E-state index < -0.39 is 0 Å². The van der Waals surface area contributed by atoms with Gasteiger partial charge in [-0.3, -0.25) is 0 Å². The van der Waals surface area contributed by atoms with Crippen LogP contribution in [0, 0.1) is 11.3 Å². The van der Waals surface area contributed by atoms with Gasteiger partial charge in [0.2, 0.25) is 5.96 Å². The molecule has 0 atom stereocenters. The van der Waals surface area contributed by atoms with Gasteiger partial charge in [0.25, 0.3) is 0 Å². The van der Waals surface area contributed by atoms with Gasteiger partial charge in [-0.15, -0.1) is 5.10 Å². The lowest BCUT2D eigenvalue weighted by molar-refractivity contribution is 1.21. The molecule has 2 rings (SSSR count). The first-order chi connectivity index (χ1) is 9.70. The fraction of sp³-hybridized carbons (Fsp3) is 0. The predicted molar refractivity (Wildman–Crippen MR) is 80.0 cm³/mol. The topological polar surface area (TPSA) is 101 Å². The predicted octanol–water partition coefficient (Wildman–Crippen LogP) is 1.83. The molecule has 98 valence electrons. The summed E-state index contributed by atoms with van der Waals surface area (Å²) >= 11 is 0. The van der Waals surface area contributed by atoms with Gasteiger partial charge in [-0.2, -0.15) is 10.4 Å². The van der Waals surface area contributed by atoms with Gasteiger partial charge < -0.3 is 11.5 Å². The number of benzene rings is 2. The van der Waals surface area contributed by atoms with Crippen LogP contribution in [-0.2, 0) is 0 Å². The highest BCUT2D eigenvalue weighted by molar-refractivity contribution is 5.90. The average molecular weight is 263 g/mol. The van der Waals surface area contributed by atoms with Gasteiger partial charge in [-0.05, 0) is 23.3 Å². The highest BCUT2D eigenvalue weighted by Crippen LogP contribution is 2.23. The van der Waals surface area contributed by atoms with Crippen LogP contribution < -0.4 is 11.5 Å². The van der Waals surface area contributed by atoms with Crippen LogP contribution in [0.15, 0.2) is 58.7 Å². The van der Waals surface area contributed by atoms with Crippen molar-refractivity contribution in [3.8, 4) is 17.2 Å². The molecule has 0 aliphatic carbocycles. The van der Waals surface area contributed by atoms with Crippen LogP contribution in [0.2, 0.25) is 0 Å². The molecule has 0 aliphatic rings. The van der Waals surface area contributed by atoms with Crippen molar-refractivity contribution in [2.24, 2.45) is 21.7 Å². The number of guanidine groups is 1. The monoisotopic (exact) mass is 263 g/mol. The Bertz CT molecular complexity index is 706. The van der Waals surface area contributed by atoms with Crippen molar-refractivity contribution >= 4 is 12.2 Å². The Morgan fingerprint density at radius 1 is 1.10 bits per heavy atom. The molecule has 0 spiro atoms. The molecule has 0 unspecified atom stereocenters. The van der Waals surface area contributed by atoms with Crippen molar-refractivity contribution in [1.29, 1.82) is 5.26 Å². The van der Waals surface area contributed by atoms with Crippen LogP contribution in [0.4, 0.5) is 0 Å². The molecule has 4 N–H and O–H groups in total. The van der Waals surface area contributed by atoms with E-state index in [2.05, 4.69) is 16.3 Å². The quantitative estimate of drug-likeness (QED) is 0.502. The summed E-state index contributed by atoms with van der Waals surface area (Å²) < 4.78 is 0. The SMILES string of the molecule is N#Cc1cccc(-c2ccccc2C=NN=C(N)N)c1. The molecular formula is C15H13N5. The molecule has 20 heavy (non-hydrogen) atoms. The summed E-state index contributed by atoms with van der Waals surface area (Å²) in [5.41, 5.74) is 13.8. The summed E-state index contributed by atoms with van der Waals surface area (Å²) in [5.74, 6) is -0.0924. The van der Waals surface area contributed by atoms with Crippen molar-refractivity contribution in [2.75, 3.05) is 0 Å². The summed E-state index contributed by atoms with van der Waals surface area (Å²) in [6.45, 7) is 0. The summed E-state index contributed by atoms with van der Waals surface area (Å²) in [6, 6.07) is 17.2. The lowest BCUT2D eigenvalue weighted by Gasteiger charge is -2.05. The van der Waals surface area contributed by atoms with E-state index in [-0.39, 0.29) is 5.96 Å². The summed E-state index contributed by atoms with van der Waals surface area (Å²) in [5, 5.41) is 16.4. The fourth-order valence-corrected chi connectivity index (χ4v) is 1.79. The molecule has 2 aromatic rings. The standard InChI is InChI=1S/C15H13N5/c16-9-11-4-3-6-12(8-11)14-7-2-1-5-13(14)10-19-20-15(17)18/h1-8,10H,(H4,17,18,20). The van der Waals surface area contributed by atoms with Gasteiger partial charge in [-0.1, -0.05) is 36.4 Å². The Kier molecular flexibility index (Phi) is 4.10. The molecule has 0 saturated carbocycles. The number of hydrogen-bond acceptors (Lipinski definition) is 3. The average Bonchev–Trinajstić information content (AvgIpc) is 2.47. The maximum Gasteiger partial charge on any atom is 0.211 e. The van der Waals surface area contributed by atoms with Gasteiger partial charge in [0.05, 0.1) is 17.8 Å². The van der Waals surface area contributed by atoms with Crippen molar-refractivity contribution in [1.82, 2.24) is 0 Å². The lowest BCUT2D eigenvalue weighted by Crippen LogP contribution is -2.21. The molecule has 0 amide bonds. The Balaban J connectivity index is 2.44. The zero-order valence-electron chi connectivity index (χ0n) is 10.7. The van der Waals surface area contributed by atoms with Crippen LogP contribution in [-0.4, -0.2) is 12.2 Å². The first kappa shape index (κ1) is 13.3. The minimum Gasteiger partial charge on any atom is -0.369 e. The molecule has 0 aromatic heterocycles. The molecule has 0 saturated heterocycles. The minimum absolute atomic E-state index is 0.0924. The van der Waals surface area contributed by atoms with Crippen molar-refractivity contribution in [3.63, 3.8) is 0 Å². The van der Waals surface area contributed by atoms with E-state index in [4.69, 9.17) is 16.7 Å². The van der Waals surface area contributed by atoms with E-state index in [1.807, 2.05) is 42.5 Å². The van der Waals surface area contributed by atoms with Gasteiger partial charge in [0.15, 0.2) is 0 Å². The summed E-state index contributed by atoms with van der Waals surface area (Å²) in [7, 11) is 0. The van der Waals surface area contributed by atoms with E-state index >= 15 is 0 Å². The Morgan fingerprint density at radius 3 is 2.65 bits per heavy atom. The number of nitriles is 1. The molecule has 0 heterocycles. The summed E-state index contributed by atoms with van der Waals surface area (Å²) in [6.07, 6.45) is 1.58. The van der Waals surface area contributed by atoms with Crippen molar-refractivity contribution in [2.45, 2.75) is 0 Å². The van der Waals surface area contributed by atoms with E-state index in [0.29, 0.717) is 5.56 Å². The highest BCUT2D eigenvalue weighted by atomic mass is 15.3. The number of nitrogens with two attached hydrogens (primary N) is 2. The smallest absolute Gasteiger partial charge is 0.211 e. The highest BCUT2D eigenvalue weighted by Gasteiger charge is 2.03. The largest absolute Gasteiger partial charge is 0.369 e. The molecule has 2 aromatic carbocycles. The number of hydrogen-bond donors (Lipinski definition) is 2. The fourth-order valence-electron chi connectivity index (χ4n) is 1.79. The third-order valence-corrected chi connectivity index (χ3v) is 2.63. The molecule has 0 bridgehead atoms. The maximum atomic E-state index is 8.96. The van der Waals surface area contributed by atoms with E-state index in [0.717, 1.165) is 16.7 Å². The Hall–Kier alpha value is -3.13. The zero-order valence-corrected chi connectivity index (χ0v) is 10.7. The van der Waals surface area contributed by atoms with Crippen LogP contribution in [0.3, 0.4) is 0 Å². The lowest BCUT2D eigenvalue weighted by atomic mass is 9.99. The molecular weight excluding hydrogens is 250 g/mol. The van der Waals surface area contributed by atoms with Crippen LogP contribution in [0.5, 0.6) is 0 Å². The number of nitrogens with zero attached hydrogens (tertiary/aromatic N) is 3. The van der Waals surface area contributed by atoms with Gasteiger partial charge in [-0.25, -0.2) is 0 Å². The van der Waals surface area contributed by atoms with Crippen LogP contribution in [0.25, 0.3) is 11.1 Å². The molecule has 0 aliphatic heterocycles. The third kappa shape index (κ3) is 3.21. The van der Waals surface area contributed by atoms with Gasteiger partial charge >= 0.3 is 0 Å². The minimum atomic E-state index is -0.0924. The first-order valence-corrected chi connectivity index (χ1v) is 5.92. The van der Waals surface area contributed by atoms with Crippen LogP contribution >= 0.6 is 0 Å². The zero-order chi connectivity index (χ0) is 14.4. The van der Waals surface area contributed by atoms with Gasteiger partial charge in [0, 0.05) is 5.56 Å². The summed E-state index contributed by atoms with van der Waals surface area (Å²) in [4.78, 5) is 0. The second kappa shape index (κ2) is 6.16. The van der Waals surface area contributed by atoms with E-state index in [9.17, 15) is 0 Å². The normalized spacial score (nSPS) is 10.2. The van der Waals surface area contributed by atoms with Crippen molar-refractivity contribution < 1.29 is 0 Å². The third-order valence-electron chi connectivity index (χ3n) is 2.63. The molecule has 0 fully saturated rings.